The van der Waals surface area contributed by atoms with Crippen molar-refractivity contribution in [2.45, 2.75) is 17.3 Å². The van der Waals surface area contributed by atoms with Gasteiger partial charge in [-0.2, -0.15) is 0 Å². The average molecular weight is 294 g/mol. The molecule has 0 unspecified atom stereocenters. The second-order valence-electron chi connectivity index (χ2n) is 5.31. The van der Waals surface area contributed by atoms with E-state index >= 15 is 0 Å². The van der Waals surface area contributed by atoms with Crippen LogP contribution in [0.15, 0.2) is 24.5 Å². The Morgan fingerprint density at radius 3 is 3.15 bits per heavy atom. The van der Waals surface area contributed by atoms with E-state index in [1.54, 1.807) is 19.5 Å². The fourth-order valence-electron chi connectivity index (χ4n) is 2.75. The first kappa shape index (κ1) is 13.7. The number of thioether (sulfide) groups is 1. The van der Waals surface area contributed by atoms with Crippen LogP contribution < -0.4 is 4.74 Å². The highest BCUT2D eigenvalue weighted by Crippen LogP contribution is 2.46. The fourth-order valence-corrected chi connectivity index (χ4v) is 4.27. The van der Waals surface area contributed by atoms with Crippen LogP contribution in [-0.2, 0) is 9.53 Å². The maximum absolute atomic E-state index is 11.7. The van der Waals surface area contributed by atoms with E-state index in [0.717, 1.165) is 31.0 Å². The fraction of sp³-hybridized carbons (Fsp3) is 0.571. The molecule has 2 aliphatic heterocycles. The Labute approximate surface area is 122 Å². The largest absolute Gasteiger partial charge is 0.488 e. The van der Waals surface area contributed by atoms with Gasteiger partial charge in [-0.15, -0.1) is 11.8 Å². The zero-order valence-corrected chi connectivity index (χ0v) is 12.3. The summed E-state index contributed by atoms with van der Waals surface area (Å²) in [5, 5.41) is 0. The maximum atomic E-state index is 11.7. The van der Waals surface area contributed by atoms with Crippen molar-refractivity contribution in [1.29, 1.82) is 0 Å². The van der Waals surface area contributed by atoms with Gasteiger partial charge in [-0.1, -0.05) is 0 Å². The van der Waals surface area contributed by atoms with Gasteiger partial charge >= 0.3 is 0 Å². The van der Waals surface area contributed by atoms with Crippen molar-refractivity contribution in [3.8, 4) is 5.75 Å². The molecule has 3 heterocycles. The smallest absolute Gasteiger partial charge is 0.248 e. The molecule has 5 nitrogen and oxygen atoms in total. The topological polar surface area (TPSA) is 51.7 Å². The van der Waals surface area contributed by atoms with Gasteiger partial charge in [-0.05, 0) is 12.1 Å². The minimum atomic E-state index is 0.0790. The van der Waals surface area contributed by atoms with Crippen LogP contribution >= 0.6 is 11.8 Å². The Hall–Kier alpha value is -1.27. The number of nitrogens with zero attached hydrogens (tertiary/aromatic N) is 2. The van der Waals surface area contributed by atoms with E-state index in [-0.39, 0.29) is 23.4 Å². The molecule has 1 amide bonds. The van der Waals surface area contributed by atoms with E-state index in [1.165, 1.54) is 0 Å². The predicted octanol–water partition coefficient (Wildman–Crippen LogP) is 1.19. The number of methoxy groups -OCH3 is 1. The Kier molecular flexibility index (Phi) is 3.85. The molecule has 6 heteroatoms. The summed E-state index contributed by atoms with van der Waals surface area (Å²) in [5.41, 5.74) is 0. The van der Waals surface area contributed by atoms with Gasteiger partial charge in [0.1, 0.15) is 18.5 Å². The standard InChI is InChI=1S/C14H18N2O3S/c1-18-7-13(17)16-9-14(10-16)5-12(8-20-14)19-11-3-2-4-15-6-11/h2-4,6,12H,5,7-10H2,1H3/t12-/m0/s1. The van der Waals surface area contributed by atoms with Crippen molar-refractivity contribution in [1.82, 2.24) is 9.88 Å². The third-order valence-electron chi connectivity index (χ3n) is 3.69. The SMILES string of the molecule is COCC(=O)N1CC2(C[C@H](Oc3cccnc3)CS2)C1. The number of ether oxygens (including phenoxy) is 2. The zero-order chi connectivity index (χ0) is 14.0. The summed E-state index contributed by atoms with van der Waals surface area (Å²) in [4.78, 5) is 17.6. The van der Waals surface area contributed by atoms with Crippen LogP contribution in [0.4, 0.5) is 0 Å². The van der Waals surface area contributed by atoms with Crippen molar-refractivity contribution in [3.63, 3.8) is 0 Å². The molecule has 0 saturated carbocycles. The molecule has 2 fully saturated rings. The molecule has 0 N–H and O–H groups in total. The minimum Gasteiger partial charge on any atom is -0.488 e. The highest BCUT2D eigenvalue weighted by atomic mass is 32.2. The number of pyridine rings is 1. The van der Waals surface area contributed by atoms with Crippen molar-refractivity contribution >= 4 is 17.7 Å². The van der Waals surface area contributed by atoms with Crippen LogP contribution in [-0.4, -0.2) is 59.2 Å². The number of carbonyl (C=O) groups is 1. The van der Waals surface area contributed by atoms with Gasteiger partial charge in [0.25, 0.3) is 0 Å². The summed E-state index contributed by atoms with van der Waals surface area (Å²) in [7, 11) is 1.55. The Balaban J connectivity index is 1.50. The molecular formula is C14H18N2O3S. The molecule has 0 aliphatic carbocycles. The van der Waals surface area contributed by atoms with Gasteiger partial charge in [-0.3, -0.25) is 9.78 Å². The van der Waals surface area contributed by atoms with Crippen molar-refractivity contribution in [2.75, 3.05) is 32.6 Å². The summed E-state index contributed by atoms with van der Waals surface area (Å²) in [5.74, 6) is 1.87. The first-order valence-electron chi connectivity index (χ1n) is 6.68. The van der Waals surface area contributed by atoms with E-state index in [4.69, 9.17) is 9.47 Å². The first-order chi connectivity index (χ1) is 9.71. The Morgan fingerprint density at radius 2 is 2.45 bits per heavy atom. The van der Waals surface area contributed by atoms with Crippen LogP contribution in [0.1, 0.15) is 6.42 Å². The lowest BCUT2D eigenvalue weighted by molar-refractivity contribution is -0.140. The van der Waals surface area contributed by atoms with E-state index < -0.39 is 0 Å². The third-order valence-corrected chi connectivity index (χ3v) is 5.27. The van der Waals surface area contributed by atoms with E-state index in [1.807, 2.05) is 28.8 Å². The highest BCUT2D eigenvalue weighted by Gasteiger charge is 2.51. The third kappa shape index (κ3) is 2.76. The molecule has 1 spiro atoms. The van der Waals surface area contributed by atoms with Crippen molar-refractivity contribution in [2.24, 2.45) is 0 Å². The number of hydrogen-bond donors (Lipinski definition) is 0. The van der Waals surface area contributed by atoms with Crippen molar-refractivity contribution < 1.29 is 14.3 Å². The van der Waals surface area contributed by atoms with Gasteiger partial charge in [0, 0.05) is 38.6 Å². The monoisotopic (exact) mass is 294 g/mol. The van der Waals surface area contributed by atoms with Crippen LogP contribution in [0.2, 0.25) is 0 Å². The van der Waals surface area contributed by atoms with E-state index in [2.05, 4.69) is 4.98 Å². The number of rotatable bonds is 4. The van der Waals surface area contributed by atoms with Crippen LogP contribution in [0.5, 0.6) is 5.75 Å². The minimum absolute atomic E-state index is 0.0790. The van der Waals surface area contributed by atoms with Crippen LogP contribution in [0, 0.1) is 0 Å². The molecule has 3 rings (SSSR count). The average Bonchev–Trinajstić information content (AvgIpc) is 2.83. The quantitative estimate of drug-likeness (QED) is 0.835. The Morgan fingerprint density at radius 1 is 1.60 bits per heavy atom. The molecule has 1 aromatic heterocycles. The molecule has 1 atom stereocenters. The van der Waals surface area contributed by atoms with E-state index in [0.29, 0.717) is 0 Å². The molecule has 1 aromatic rings. The number of carbonyl (C=O) groups excluding carboxylic acids is 1. The lowest BCUT2D eigenvalue weighted by Crippen LogP contribution is -2.61. The molecular weight excluding hydrogens is 276 g/mol. The zero-order valence-electron chi connectivity index (χ0n) is 11.4. The summed E-state index contributed by atoms with van der Waals surface area (Å²) in [6, 6.07) is 3.81. The van der Waals surface area contributed by atoms with Gasteiger partial charge in [0.05, 0.1) is 10.9 Å². The highest BCUT2D eigenvalue weighted by molar-refractivity contribution is 8.01. The molecule has 0 aromatic carbocycles. The summed E-state index contributed by atoms with van der Waals surface area (Å²) in [6.45, 7) is 1.80. The van der Waals surface area contributed by atoms with Gasteiger partial charge in [0.2, 0.25) is 5.91 Å². The van der Waals surface area contributed by atoms with Gasteiger partial charge in [-0.25, -0.2) is 0 Å². The maximum Gasteiger partial charge on any atom is 0.248 e. The second kappa shape index (κ2) is 5.61. The molecule has 0 radical (unpaired) electrons. The molecule has 2 saturated heterocycles. The first-order valence-corrected chi connectivity index (χ1v) is 7.67. The molecule has 108 valence electrons. The van der Waals surface area contributed by atoms with Crippen LogP contribution in [0.25, 0.3) is 0 Å². The lowest BCUT2D eigenvalue weighted by Gasteiger charge is -2.47. The predicted molar refractivity (Wildman–Crippen MR) is 76.9 cm³/mol. The number of aromatic nitrogens is 1. The second-order valence-corrected chi connectivity index (χ2v) is 6.80. The summed E-state index contributed by atoms with van der Waals surface area (Å²) >= 11 is 1.92. The van der Waals surface area contributed by atoms with Gasteiger partial charge < -0.3 is 14.4 Å². The van der Waals surface area contributed by atoms with Crippen molar-refractivity contribution in [3.05, 3.63) is 24.5 Å². The molecule has 2 aliphatic rings. The lowest BCUT2D eigenvalue weighted by atomic mass is 9.93. The van der Waals surface area contributed by atoms with E-state index in [9.17, 15) is 4.79 Å². The molecule has 0 bridgehead atoms. The number of likely N-dealkylation sites (tertiary alicyclic amines) is 1. The summed E-state index contributed by atoms with van der Waals surface area (Å²) < 4.78 is 11.0. The Bertz CT molecular complexity index is 477. The van der Waals surface area contributed by atoms with Crippen LogP contribution in [0.3, 0.4) is 0 Å². The van der Waals surface area contributed by atoms with Gasteiger partial charge in [0.15, 0.2) is 0 Å². The normalized spacial score (nSPS) is 23.6. The number of hydrogen-bond acceptors (Lipinski definition) is 5. The number of amides is 1. The summed E-state index contributed by atoms with van der Waals surface area (Å²) in [6.07, 6.45) is 4.68. The molecule has 20 heavy (non-hydrogen) atoms.